The first-order chi connectivity index (χ1) is 17.0. The topological polar surface area (TPSA) is 114 Å². The molecule has 10 nitrogen and oxygen atoms in total. The van der Waals surface area contributed by atoms with E-state index in [0.717, 1.165) is 35.4 Å². The first kappa shape index (κ1) is 24.5. The van der Waals surface area contributed by atoms with Crippen LogP contribution in [0.15, 0.2) is 24.5 Å². The average molecular weight is 544 g/mol. The van der Waals surface area contributed by atoms with Gasteiger partial charge in [0.25, 0.3) is 5.91 Å². The molecule has 0 radical (unpaired) electrons. The molecule has 36 heavy (non-hydrogen) atoms. The molecule has 2 aliphatic rings. The predicted molar refractivity (Wildman–Crippen MR) is 123 cm³/mol. The van der Waals surface area contributed by atoms with Gasteiger partial charge < -0.3 is 5.32 Å². The molecule has 5 rings (SSSR count). The van der Waals surface area contributed by atoms with Gasteiger partial charge in [-0.1, -0.05) is 23.2 Å². The number of nitrogens with one attached hydrogen (secondary N) is 2. The molecule has 3 amide bonds. The minimum Gasteiger partial charge on any atom is -0.306 e. The van der Waals surface area contributed by atoms with Crippen molar-refractivity contribution in [3.05, 3.63) is 46.1 Å². The number of hydrogen-bond acceptors (Lipinski definition) is 6. The van der Waals surface area contributed by atoms with E-state index in [1.54, 1.807) is 0 Å². The molecule has 1 saturated carbocycles. The van der Waals surface area contributed by atoms with Gasteiger partial charge in [0, 0.05) is 12.6 Å². The third-order valence-electron chi connectivity index (χ3n) is 6.08. The molecule has 4 heterocycles. The maximum Gasteiger partial charge on any atom is 0.401 e. The molecule has 1 aliphatic heterocycles. The third-order valence-corrected chi connectivity index (χ3v) is 6.55. The SMILES string of the molecule is C[C@@]1(C(F)(F)F)CN(C(=O)Nc2cnc(C(=O)NOCC3CC3)c(Cl)c2)c2cnc3cc(Cl)nn3c21. The number of hydroxylamine groups is 1. The van der Waals surface area contributed by atoms with Crippen molar-refractivity contribution in [2.75, 3.05) is 23.4 Å². The van der Waals surface area contributed by atoms with Crippen LogP contribution in [0, 0.1) is 5.92 Å². The highest BCUT2D eigenvalue weighted by atomic mass is 35.5. The van der Waals surface area contributed by atoms with Gasteiger partial charge in [-0.15, -0.1) is 0 Å². The standard InChI is InChI=1S/C21H18Cl2F3N7O3/c1-20(21(24,25)26)9-32(13-7-27-15-5-14(23)30-33(15)17(13)20)19(35)29-11-4-12(22)16(28-6-11)18(34)31-36-8-10-2-3-10/h4-7,10H,2-3,8-9H2,1H3,(H,29,35)(H,31,34)/t20-/m1/s1. The Morgan fingerprint density at radius 1 is 1.22 bits per heavy atom. The summed E-state index contributed by atoms with van der Waals surface area (Å²) in [6, 6.07) is 1.70. The van der Waals surface area contributed by atoms with Gasteiger partial charge in [-0.2, -0.15) is 18.3 Å². The van der Waals surface area contributed by atoms with Crippen molar-refractivity contribution in [3.8, 4) is 0 Å². The summed E-state index contributed by atoms with van der Waals surface area (Å²) in [5.74, 6) is -0.237. The van der Waals surface area contributed by atoms with E-state index < -0.39 is 30.1 Å². The number of alkyl halides is 3. The van der Waals surface area contributed by atoms with Gasteiger partial charge in [0.15, 0.2) is 10.8 Å². The van der Waals surface area contributed by atoms with Gasteiger partial charge in [-0.05, 0) is 31.7 Å². The molecular formula is C21H18Cl2F3N7O3. The lowest BCUT2D eigenvalue weighted by molar-refractivity contribution is -0.181. The lowest BCUT2D eigenvalue weighted by Crippen LogP contribution is -2.46. The van der Waals surface area contributed by atoms with Crippen molar-refractivity contribution in [1.82, 2.24) is 25.1 Å². The Kier molecular flexibility index (Phi) is 5.96. The maximum absolute atomic E-state index is 14.2. The summed E-state index contributed by atoms with van der Waals surface area (Å²) < 4.78 is 43.6. The number of aromatic nitrogens is 4. The van der Waals surface area contributed by atoms with E-state index in [2.05, 4.69) is 25.9 Å². The van der Waals surface area contributed by atoms with E-state index in [1.807, 2.05) is 0 Å². The predicted octanol–water partition coefficient (Wildman–Crippen LogP) is 4.37. The van der Waals surface area contributed by atoms with Crippen molar-refractivity contribution in [3.63, 3.8) is 0 Å². The fourth-order valence-electron chi connectivity index (χ4n) is 3.91. The van der Waals surface area contributed by atoms with Crippen LogP contribution in [0.1, 0.15) is 35.9 Å². The van der Waals surface area contributed by atoms with Crippen LogP contribution in [-0.4, -0.2) is 50.8 Å². The number of urea groups is 1. The molecule has 190 valence electrons. The fraction of sp³-hybridized carbons (Fsp3) is 0.381. The molecule has 15 heteroatoms. The third kappa shape index (κ3) is 4.31. The number of nitrogens with zero attached hydrogens (tertiary/aromatic N) is 5. The van der Waals surface area contributed by atoms with Crippen LogP contribution in [0.5, 0.6) is 0 Å². The number of halogens is 5. The van der Waals surface area contributed by atoms with Crippen LogP contribution in [0.25, 0.3) is 5.65 Å². The molecule has 0 spiro atoms. The number of anilines is 2. The van der Waals surface area contributed by atoms with Crippen LogP contribution in [0.3, 0.4) is 0 Å². The number of fused-ring (bicyclic) bond motifs is 3. The summed E-state index contributed by atoms with van der Waals surface area (Å²) in [5, 5.41) is 6.27. The van der Waals surface area contributed by atoms with Gasteiger partial charge >= 0.3 is 12.2 Å². The van der Waals surface area contributed by atoms with Crippen LogP contribution in [-0.2, 0) is 10.3 Å². The number of rotatable bonds is 5. The highest BCUT2D eigenvalue weighted by Crippen LogP contribution is 2.50. The molecule has 1 aliphatic carbocycles. The van der Waals surface area contributed by atoms with Gasteiger partial charge in [0.1, 0.15) is 11.1 Å². The quantitative estimate of drug-likeness (QED) is 0.462. The number of carbonyl (C=O) groups is 2. The minimum atomic E-state index is -4.72. The first-order valence-electron chi connectivity index (χ1n) is 10.8. The molecule has 1 atom stereocenters. The second-order valence-corrected chi connectivity index (χ2v) is 9.61. The fourth-order valence-corrected chi connectivity index (χ4v) is 4.34. The molecule has 3 aromatic rings. The second kappa shape index (κ2) is 8.75. The Hall–Kier alpha value is -3.16. The molecule has 0 bridgehead atoms. The van der Waals surface area contributed by atoms with E-state index in [4.69, 9.17) is 28.0 Å². The number of pyridine rings is 1. The normalized spacial score (nSPS) is 19.4. The zero-order chi connectivity index (χ0) is 25.8. The summed E-state index contributed by atoms with van der Waals surface area (Å²) in [5.41, 5.74) is -0.498. The summed E-state index contributed by atoms with van der Waals surface area (Å²) in [6.45, 7) is 0.638. The number of hydrogen-bond donors (Lipinski definition) is 2. The van der Waals surface area contributed by atoms with Gasteiger partial charge in [-0.3, -0.25) is 14.5 Å². The van der Waals surface area contributed by atoms with Crippen LogP contribution >= 0.6 is 23.2 Å². The Balaban J connectivity index is 1.38. The average Bonchev–Trinajstić information content (AvgIpc) is 3.45. The summed E-state index contributed by atoms with van der Waals surface area (Å²) >= 11 is 12.0. The zero-order valence-corrected chi connectivity index (χ0v) is 20.1. The Morgan fingerprint density at radius 2 is 1.97 bits per heavy atom. The number of amides is 3. The Labute approximate surface area is 211 Å². The lowest BCUT2D eigenvalue weighted by Gasteiger charge is -2.28. The first-order valence-corrected chi connectivity index (χ1v) is 11.5. The van der Waals surface area contributed by atoms with Crippen molar-refractivity contribution in [1.29, 1.82) is 0 Å². The highest BCUT2D eigenvalue weighted by Gasteiger charge is 2.60. The summed E-state index contributed by atoms with van der Waals surface area (Å²) in [6.07, 6.45) is -0.300. The zero-order valence-electron chi connectivity index (χ0n) is 18.6. The van der Waals surface area contributed by atoms with Gasteiger partial charge in [-0.25, -0.2) is 24.8 Å². The Morgan fingerprint density at radius 3 is 2.64 bits per heavy atom. The second-order valence-electron chi connectivity index (χ2n) is 8.82. The smallest absolute Gasteiger partial charge is 0.306 e. The molecule has 0 unspecified atom stereocenters. The van der Waals surface area contributed by atoms with Crippen LogP contribution in [0.2, 0.25) is 10.2 Å². The molecule has 2 N–H and O–H groups in total. The molecule has 0 saturated heterocycles. The number of carbonyl (C=O) groups excluding carboxylic acids is 2. The van der Waals surface area contributed by atoms with Crippen LogP contribution < -0.4 is 15.7 Å². The van der Waals surface area contributed by atoms with Crippen molar-refractivity contribution >= 4 is 52.2 Å². The molecular weight excluding hydrogens is 526 g/mol. The van der Waals surface area contributed by atoms with E-state index in [0.29, 0.717) is 12.5 Å². The van der Waals surface area contributed by atoms with Gasteiger partial charge in [0.2, 0.25) is 0 Å². The monoisotopic (exact) mass is 543 g/mol. The molecule has 0 aromatic carbocycles. The minimum absolute atomic E-state index is 0.0360. The van der Waals surface area contributed by atoms with Crippen molar-refractivity contribution in [2.45, 2.75) is 31.4 Å². The largest absolute Gasteiger partial charge is 0.401 e. The van der Waals surface area contributed by atoms with E-state index in [-0.39, 0.29) is 38.6 Å². The van der Waals surface area contributed by atoms with Crippen LogP contribution in [0.4, 0.5) is 29.3 Å². The highest BCUT2D eigenvalue weighted by molar-refractivity contribution is 6.33. The van der Waals surface area contributed by atoms with E-state index >= 15 is 0 Å². The maximum atomic E-state index is 14.2. The molecule has 3 aromatic heterocycles. The van der Waals surface area contributed by atoms with E-state index in [1.165, 1.54) is 18.3 Å². The lowest BCUT2D eigenvalue weighted by atomic mass is 9.88. The molecule has 1 fully saturated rings. The van der Waals surface area contributed by atoms with E-state index in [9.17, 15) is 22.8 Å². The summed E-state index contributed by atoms with van der Waals surface area (Å²) in [4.78, 5) is 39.3. The van der Waals surface area contributed by atoms with Crippen molar-refractivity contribution in [2.24, 2.45) is 5.92 Å². The van der Waals surface area contributed by atoms with Gasteiger partial charge in [0.05, 0.1) is 41.1 Å². The van der Waals surface area contributed by atoms with Crippen molar-refractivity contribution < 1.29 is 27.6 Å². The Bertz CT molecular complexity index is 1380. The summed E-state index contributed by atoms with van der Waals surface area (Å²) in [7, 11) is 0.